The number of benzene rings is 2. The maximum absolute atomic E-state index is 12.8. The number of carbonyl (C=O) groups is 1. The fourth-order valence-corrected chi connectivity index (χ4v) is 3.03. The van der Waals surface area contributed by atoms with Gasteiger partial charge in [-0.05, 0) is 59.2 Å². The van der Waals surface area contributed by atoms with E-state index in [1.165, 1.54) is 23.0 Å². The molecule has 0 spiro atoms. The van der Waals surface area contributed by atoms with Crippen LogP contribution in [0.5, 0.6) is 5.75 Å². The van der Waals surface area contributed by atoms with E-state index in [-0.39, 0.29) is 23.0 Å². The van der Waals surface area contributed by atoms with Crippen LogP contribution >= 0.6 is 0 Å². The maximum Gasteiger partial charge on any atom is 0.416 e. The lowest BCUT2D eigenvalue weighted by atomic mass is 10.1. The smallest absolute Gasteiger partial charge is 0.416 e. The van der Waals surface area contributed by atoms with Gasteiger partial charge in [-0.25, -0.2) is 10.1 Å². The van der Waals surface area contributed by atoms with Crippen LogP contribution in [0.4, 0.5) is 19.0 Å². The van der Waals surface area contributed by atoms with Crippen LogP contribution in [-0.2, 0) is 6.18 Å². The van der Waals surface area contributed by atoms with E-state index < -0.39 is 17.6 Å². The van der Waals surface area contributed by atoms with Crippen molar-refractivity contribution in [2.24, 2.45) is 5.10 Å². The van der Waals surface area contributed by atoms with Gasteiger partial charge in [0.2, 0.25) is 11.6 Å². The molecule has 0 fully saturated rings. The van der Waals surface area contributed by atoms with Crippen LogP contribution in [0.3, 0.4) is 0 Å². The van der Waals surface area contributed by atoms with E-state index >= 15 is 0 Å². The van der Waals surface area contributed by atoms with Gasteiger partial charge in [0.05, 0.1) is 18.4 Å². The lowest BCUT2D eigenvalue weighted by molar-refractivity contribution is -0.137. The zero-order valence-corrected chi connectivity index (χ0v) is 18.0. The second kappa shape index (κ2) is 9.62. The van der Waals surface area contributed by atoms with Crippen LogP contribution in [-0.4, -0.2) is 44.0 Å². The van der Waals surface area contributed by atoms with Gasteiger partial charge in [-0.1, -0.05) is 17.3 Å². The average Bonchev–Trinajstić information content (AvgIpc) is 3.45. The Morgan fingerprint density at radius 1 is 1.17 bits per heavy atom. The molecule has 0 radical (unpaired) electrons. The molecule has 0 saturated carbocycles. The summed E-state index contributed by atoms with van der Waals surface area (Å²) in [6.07, 6.45) is -3.26. The first-order valence-corrected chi connectivity index (χ1v) is 10.1. The number of hydrogen-bond donors (Lipinski definition) is 2. The monoisotopic (exact) mass is 486 g/mol. The van der Waals surface area contributed by atoms with Crippen LogP contribution in [0, 0.1) is 0 Å². The molecule has 0 saturated heterocycles. The largest absolute Gasteiger partial charge is 0.494 e. The summed E-state index contributed by atoms with van der Waals surface area (Å²) < 4.78 is 49.4. The predicted octanol–water partition coefficient (Wildman–Crippen LogP) is 3.08. The van der Waals surface area contributed by atoms with E-state index in [1.54, 1.807) is 24.3 Å². The van der Waals surface area contributed by atoms with Gasteiger partial charge in [-0.3, -0.25) is 4.79 Å². The van der Waals surface area contributed by atoms with E-state index in [9.17, 15) is 18.0 Å². The van der Waals surface area contributed by atoms with Crippen molar-refractivity contribution in [1.82, 2.24) is 30.7 Å². The molecule has 4 rings (SSSR count). The lowest BCUT2D eigenvalue weighted by Crippen LogP contribution is -2.19. The third-order valence-electron chi connectivity index (χ3n) is 4.64. The number of rotatable bonds is 7. The van der Waals surface area contributed by atoms with E-state index in [4.69, 9.17) is 10.5 Å². The van der Waals surface area contributed by atoms with Crippen LogP contribution in [0.2, 0.25) is 0 Å². The number of aromatic nitrogens is 5. The highest BCUT2D eigenvalue weighted by molar-refractivity contribution is 5.98. The number of halogens is 3. The van der Waals surface area contributed by atoms with Crippen molar-refractivity contribution < 1.29 is 27.3 Å². The Morgan fingerprint density at radius 3 is 2.49 bits per heavy atom. The molecule has 11 nitrogen and oxygen atoms in total. The molecule has 3 N–H and O–H groups in total. The predicted molar refractivity (Wildman–Crippen MR) is 117 cm³/mol. The maximum atomic E-state index is 12.8. The molecular formula is C21H17F3N8O3. The second-order valence-corrected chi connectivity index (χ2v) is 6.95. The SMILES string of the molecule is CCOc1ccc(-c2c(C(=O)N/N=C/c3ccc(C(F)(F)F)cc3)nnn2-c2nonc2N)cc1. The quantitative estimate of drug-likeness (QED) is 0.299. The summed E-state index contributed by atoms with van der Waals surface area (Å²) in [5.41, 5.74) is 8.23. The van der Waals surface area contributed by atoms with E-state index in [0.717, 1.165) is 12.1 Å². The fourth-order valence-electron chi connectivity index (χ4n) is 3.03. The number of carbonyl (C=O) groups excluding carboxylic acids is 1. The summed E-state index contributed by atoms with van der Waals surface area (Å²) in [5, 5.41) is 18.9. The molecule has 35 heavy (non-hydrogen) atoms. The molecule has 0 aliphatic carbocycles. The van der Waals surface area contributed by atoms with Gasteiger partial charge in [0.25, 0.3) is 5.91 Å². The third-order valence-corrected chi connectivity index (χ3v) is 4.64. The Bertz CT molecular complexity index is 1350. The van der Waals surface area contributed by atoms with Crippen LogP contribution in [0.15, 0.2) is 58.3 Å². The van der Waals surface area contributed by atoms with E-state index in [1.807, 2.05) is 6.92 Å². The molecule has 180 valence electrons. The zero-order chi connectivity index (χ0) is 25.0. The molecule has 0 aliphatic rings. The van der Waals surface area contributed by atoms with Crippen molar-refractivity contribution in [3.63, 3.8) is 0 Å². The highest BCUT2D eigenvalue weighted by atomic mass is 19.4. The normalized spacial score (nSPS) is 11.7. The van der Waals surface area contributed by atoms with Gasteiger partial charge in [-0.2, -0.15) is 23.0 Å². The minimum absolute atomic E-state index is 0.0219. The first-order chi connectivity index (χ1) is 16.8. The van der Waals surface area contributed by atoms with Gasteiger partial charge in [0, 0.05) is 5.56 Å². The van der Waals surface area contributed by atoms with Crippen molar-refractivity contribution in [1.29, 1.82) is 0 Å². The Morgan fingerprint density at radius 2 is 1.89 bits per heavy atom. The molecule has 1 amide bonds. The van der Waals surface area contributed by atoms with Gasteiger partial charge >= 0.3 is 6.18 Å². The van der Waals surface area contributed by atoms with Crippen LogP contribution in [0.25, 0.3) is 17.1 Å². The standard InChI is InChI=1S/C21H17F3N8O3/c1-2-34-15-9-5-13(6-10-15)17-16(27-31-32(17)19-18(25)29-35-30-19)20(33)28-26-11-12-3-7-14(8-4-12)21(22,23)24/h3-11H,2H2,1H3,(H2,25,29)(H,28,33)/b26-11+. The van der Waals surface area contributed by atoms with Crippen molar-refractivity contribution in [2.75, 3.05) is 12.3 Å². The van der Waals surface area contributed by atoms with Crippen LogP contribution in [0.1, 0.15) is 28.5 Å². The minimum atomic E-state index is -4.45. The number of hydrogen-bond acceptors (Lipinski definition) is 9. The molecule has 2 aromatic heterocycles. The summed E-state index contributed by atoms with van der Waals surface area (Å²) >= 11 is 0. The fraction of sp³-hybridized carbons (Fsp3) is 0.143. The van der Waals surface area contributed by atoms with E-state index in [2.05, 4.69) is 35.8 Å². The summed E-state index contributed by atoms with van der Waals surface area (Å²) in [4.78, 5) is 12.8. The number of alkyl halides is 3. The summed E-state index contributed by atoms with van der Waals surface area (Å²) in [5.74, 6) is -0.175. The number of nitrogen functional groups attached to an aromatic ring is 1. The Balaban J connectivity index is 1.61. The number of amides is 1. The lowest BCUT2D eigenvalue weighted by Gasteiger charge is -2.08. The molecule has 0 bridgehead atoms. The number of ether oxygens (including phenoxy) is 1. The van der Waals surface area contributed by atoms with Gasteiger partial charge < -0.3 is 10.5 Å². The first kappa shape index (κ1) is 23.4. The molecule has 0 atom stereocenters. The number of nitrogens with zero attached hydrogens (tertiary/aromatic N) is 6. The summed E-state index contributed by atoms with van der Waals surface area (Å²) in [6, 6.07) is 11.0. The number of nitrogens with one attached hydrogen (secondary N) is 1. The highest BCUT2D eigenvalue weighted by Crippen LogP contribution is 2.29. The Hall–Kier alpha value is -4.75. The summed E-state index contributed by atoms with van der Waals surface area (Å²) in [6.45, 7) is 2.32. The Kier molecular flexibility index (Phi) is 6.44. The zero-order valence-electron chi connectivity index (χ0n) is 18.0. The molecule has 0 aliphatic heterocycles. The summed E-state index contributed by atoms with van der Waals surface area (Å²) in [7, 11) is 0. The number of nitrogens with two attached hydrogens (primary N) is 1. The van der Waals surface area contributed by atoms with Crippen molar-refractivity contribution >= 4 is 17.9 Å². The number of anilines is 1. The number of hydrazone groups is 1. The van der Waals surface area contributed by atoms with Crippen molar-refractivity contribution in [3.05, 3.63) is 65.4 Å². The third kappa shape index (κ3) is 5.10. The first-order valence-electron chi connectivity index (χ1n) is 10.1. The molecule has 14 heteroatoms. The molecule has 2 aromatic carbocycles. The molecular weight excluding hydrogens is 469 g/mol. The average molecular weight is 486 g/mol. The minimum Gasteiger partial charge on any atom is -0.494 e. The van der Waals surface area contributed by atoms with Crippen molar-refractivity contribution in [2.45, 2.75) is 13.1 Å². The molecule has 4 aromatic rings. The second-order valence-electron chi connectivity index (χ2n) is 6.95. The topological polar surface area (TPSA) is 146 Å². The van der Waals surface area contributed by atoms with Gasteiger partial charge in [0.1, 0.15) is 11.4 Å². The van der Waals surface area contributed by atoms with Crippen molar-refractivity contribution in [3.8, 4) is 22.8 Å². The van der Waals surface area contributed by atoms with Gasteiger partial charge in [-0.15, -0.1) is 5.10 Å². The van der Waals surface area contributed by atoms with Gasteiger partial charge in [0.15, 0.2) is 5.69 Å². The van der Waals surface area contributed by atoms with Crippen LogP contribution < -0.4 is 15.9 Å². The molecule has 2 heterocycles. The van der Waals surface area contributed by atoms with E-state index in [0.29, 0.717) is 23.5 Å². The Labute approximate surface area is 195 Å². The highest BCUT2D eigenvalue weighted by Gasteiger charge is 2.30. The molecule has 0 unspecified atom stereocenters.